The fourth-order valence-electron chi connectivity index (χ4n) is 1.32. The second-order valence-electron chi connectivity index (χ2n) is 3.33. The SMILES string of the molecule is CCn1cc(N)c(=O)n(CCC(N)=O)c1=O. The summed E-state index contributed by atoms with van der Waals surface area (Å²) in [6.07, 6.45) is 1.23. The molecule has 7 nitrogen and oxygen atoms in total. The fourth-order valence-corrected chi connectivity index (χ4v) is 1.32. The third-order valence-corrected chi connectivity index (χ3v) is 2.19. The maximum absolute atomic E-state index is 11.7. The van der Waals surface area contributed by atoms with Crippen molar-refractivity contribution in [2.45, 2.75) is 26.4 Å². The van der Waals surface area contributed by atoms with Gasteiger partial charge < -0.3 is 11.5 Å². The third kappa shape index (κ3) is 2.30. The molecule has 1 amide bonds. The molecule has 0 spiro atoms. The van der Waals surface area contributed by atoms with E-state index in [1.807, 2.05) is 0 Å². The molecule has 1 rings (SSSR count). The van der Waals surface area contributed by atoms with Crippen LogP contribution < -0.4 is 22.7 Å². The predicted octanol–water partition coefficient (Wildman–Crippen LogP) is -1.51. The van der Waals surface area contributed by atoms with Gasteiger partial charge in [0.2, 0.25) is 5.91 Å². The Morgan fingerprint density at radius 1 is 1.44 bits per heavy atom. The van der Waals surface area contributed by atoms with Crippen LogP contribution in [0.5, 0.6) is 0 Å². The van der Waals surface area contributed by atoms with Crippen LogP contribution in [0.15, 0.2) is 15.8 Å². The fraction of sp³-hybridized carbons (Fsp3) is 0.444. The van der Waals surface area contributed by atoms with Crippen LogP contribution in [-0.4, -0.2) is 15.0 Å². The molecule has 0 saturated carbocycles. The van der Waals surface area contributed by atoms with E-state index in [0.717, 1.165) is 4.57 Å². The van der Waals surface area contributed by atoms with Gasteiger partial charge in [-0.3, -0.25) is 18.7 Å². The lowest BCUT2D eigenvalue weighted by Crippen LogP contribution is -2.41. The van der Waals surface area contributed by atoms with Gasteiger partial charge in [-0.25, -0.2) is 4.79 Å². The van der Waals surface area contributed by atoms with Gasteiger partial charge in [-0.1, -0.05) is 0 Å². The zero-order valence-electron chi connectivity index (χ0n) is 8.97. The number of anilines is 1. The van der Waals surface area contributed by atoms with E-state index >= 15 is 0 Å². The Labute approximate surface area is 91.3 Å². The molecule has 1 aromatic heterocycles. The minimum atomic E-state index is -0.587. The number of hydrogen-bond donors (Lipinski definition) is 2. The molecule has 0 aliphatic heterocycles. The van der Waals surface area contributed by atoms with E-state index in [0.29, 0.717) is 6.54 Å². The number of nitrogens with zero attached hydrogens (tertiary/aromatic N) is 2. The molecule has 7 heteroatoms. The molecule has 0 aliphatic rings. The smallest absolute Gasteiger partial charge is 0.331 e. The van der Waals surface area contributed by atoms with Gasteiger partial charge in [0.05, 0.1) is 0 Å². The summed E-state index contributed by atoms with van der Waals surface area (Å²) in [5.74, 6) is -0.572. The number of hydrogen-bond acceptors (Lipinski definition) is 4. The number of carbonyl (C=O) groups excluding carboxylic acids is 1. The maximum Gasteiger partial charge on any atom is 0.331 e. The van der Waals surface area contributed by atoms with E-state index < -0.39 is 17.2 Å². The molecule has 16 heavy (non-hydrogen) atoms. The summed E-state index contributed by atoms with van der Waals surface area (Å²) in [6.45, 7) is 2.11. The Morgan fingerprint density at radius 3 is 2.56 bits per heavy atom. The number of aryl methyl sites for hydroxylation is 1. The Balaban J connectivity index is 3.25. The van der Waals surface area contributed by atoms with Crippen molar-refractivity contribution in [2.75, 3.05) is 5.73 Å². The van der Waals surface area contributed by atoms with Crippen molar-refractivity contribution in [1.82, 2.24) is 9.13 Å². The molecule has 1 aromatic rings. The van der Waals surface area contributed by atoms with Gasteiger partial charge >= 0.3 is 5.69 Å². The number of carbonyl (C=O) groups is 1. The van der Waals surface area contributed by atoms with Crippen molar-refractivity contribution in [1.29, 1.82) is 0 Å². The van der Waals surface area contributed by atoms with Crippen LogP contribution in [0, 0.1) is 0 Å². The first-order valence-electron chi connectivity index (χ1n) is 4.85. The first-order valence-corrected chi connectivity index (χ1v) is 4.85. The molecule has 0 radical (unpaired) electrons. The summed E-state index contributed by atoms with van der Waals surface area (Å²) in [4.78, 5) is 33.8. The first kappa shape index (κ1) is 12.0. The van der Waals surface area contributed by atoms with Gasteiger partial charge in [-0.15, -0.1) is 0 Å². The number of nitrogens with two attached hydrogens (primary N) is 2. The van der Waals surface area contributed by atoms with E-state index in [1.54, 1.807) is 6.92 Å². The maximum atomic E-state index is 11.7. The Bertz CT molecular complexity index is 514. The average molecular weight is 226 g/mol. The van der Waals surface area contributed by atoms with Gasteiger partial charge in [-0.05, 0) is 6.92 Å². The molecule has 0 atom stereocenters. The number of primary amides is 1. The zero-order valence-corrected chi connectivity index (χ0v) is 8.97. The van der Waals surface area contributed by atoms with E-state index in [1.165, 1.54) is 10.8 Å². The van der Waals surface area contributed by atoms with Gasteiger partial charge in [0.1, 0.15) is 5.69 Å². The Hall–Kier alpha value is -2.05. The molecule has 4 N–H and O–H groups in total. The lowest BCUT2D eigenvalue weighted by atomic mass is 10.4. The van der Waals surface area contributed by atoms with E-state index in [2.05, 4.69) is 0 Å². The molecule has 0 fully saturated rings. The van der Waals surface area contributed by atoms with Crippen LogP contribution in [0.1, 0.15) is 13.3 Å². The van der Waals surface area contributed by atoms with Crippen LogP contribution in [0.4, 0.5) is 5.69 Å². The van der Waals surface area contributed by atoms with Crippen molar-refractivity contribution in [3.8, 4) is 0 Å². The van der Waals surface area contributed by atoms with Gasteiger partial charge in [0, 0.05) is 25.7 Å². The second-order valence-corrected chi connectivity index (χ2v) is 3.33. The highest BCUT2D eigenvalue weighted by molar-refractivity contribution is 5.73. The number of nitrogen functional groups attached to an aromatic ring is 1. The lowest BCUT2D eigenvalue weighted by molar-refractivity contribution is -0.118. The van der Waals surface area contributed by atoms with E-state index in [4.69, 9.17) is 11.5 Å². The quantitative estimate of drug-likeness (QED) is 0.649. The van der Waals surface area contributed by atoms with Crippen molar-refractivity contribution in [3.63, 3.8) is 0 Å². The third-order valence-electron chi connectivity index (χ3n) is 2.19. The summed E-state index contributed by atoms with van der Waals surface area (Å²) in [7, 11) is 0. The number of rotatable bonds is 4. The normalized spacial score (nSPS) is 10.3. The highest BCUT2D eigenvalue weighted by atomic mass is 16.2. The molecule has 0 aliphatic carbocycles. The van der Waals surface area contributed by atoms with Crippen molar-refractivity contribution < 1.29 is 4.79 Å². The summed E-state index contributed by atoms with van der Waals surface area (Å²) in [5, 5.41) is 0. The average Bonchev–Trinajstić information content (AvgIpc) is 2.23. The molecular formula is C9H14N4O3. The largest absolute Gasteiger partial charge is 0.393 e. The van der Waals surface area contributed by atoms with Crippen molar-refractivity contribution in [2.24, 2.45) is 5.73 Å². The molecule has 88 valence electrons. The molecular weight excluding hydrogens is 212 g/mol. The zero-order chi connectivity index (χ0) is 12.3. The molecule has 0 saturated heterocycles. The van der Waals surface area contributed by atoms with Crippen LogP contribution in [0.25, 0.3) is 0 Å². The van der Waals surface area contributed by atoms with Gasteiger partial charge in [0.15, 0.2) is 0 Å². The van der Waals surface area contributed by atoms with E-state index in [-0.39, 0.29) is 18.7 Å². The molecule has 0 aromatic carbocycles. The van der Waals surface area contributed by atoms with Crippen LogP contribution in [0.2, 0.25) is 0 Å². The summed E-state index contributed by atoms with van der Waals surface area (Å²) < 4.78 is 2.22. The highest BCUT2D eigenvalue weighted by Gasteiger charge is 2.08. The topological polar surface area (TPSA) is 113 Å². The highest BCUT2D eigenvalue weighted by Crippen LogP contribution is 1.90. The van der Waals surface area contributed by atoms with Crippen LogP contribution in [0.3, 0.4) is 0 Å². The lowest BCUT2D eigenvalue weighted by Gasteiger charge is -2.08. The summed E-state index contributed by atoms with van der Waals surface area (Å²) in [5.41, 5.74) is 9.32. The summed E-state index contributed by atoms with van der Waals surface area (Å²) >= 11 is 0. The van der Waals surface area contributed by atoms with Crippen LogP contribution >= 0.6 is 0 Å². The predicted molar refractivity (Wildman–Crippen MR) is 58.9 cm³/mol. The minimum Gasteiger partial charge on any atom is -0.393 e. The molecule has 0 unspecified atom stereocenters. The standard InChI is InChI=1S/C9H14N4O3/c1-2-12-5-6(10)8(15)13(9(12)16)4-3-7(11)14/h5H,2-4,10H2,1H3,(H2,11,14). The monoisotopic (exact) mass is 226 g/mol. The van der Waals surface area contributed by atoms with Crippen molar-refractivity contribution in [3.05, 3.63) is 27.0 Å². The number of amides is 1. The van der Waals surface area contributed by atoms with Gasteiger partial charge in [0.25, 0.3) is 5.56 Å². The van der Waals surface area contributed by atoms with Crippen LogP contribution in [-0.2, 0) is 17.9 Å². The Morgan fingerprint density at radius 2 is 2.06 bits per heavy atom. The minimum absolute atomic E-state index is 0.0223. The number of aromatic nitrogens is 2. The van der Waals surface area contributed by atoms with E-state index in [9.17, 15) is 14.4 Å². The summed E-state index contributed by atoms with van der Waals surface area (Å²) in [6, 6.07) is 0. The molecule has 1 heterocycles. The second kappa shape index (κ2) is 4.65. The van der Waals surface area contributed by atoms with Crippen molar-refractivity contribution >= 4 is 11.6 Å². The Kier molecular flexibility index (Phi) is 3.49. The molecule has 0 bridgehead atoms. The first-order chi connectivity index (χ1) is 7.47. The van der Waals surface area contributed by atoms with Gasteiger partial charge in [-0.2, -0.15) is 0 Å².